The summed E-state index contributed by atoms with van der Waals surface area (Å²) < 4.78 is 0. The van der Waals surface area contributed by atoms with Crippen molar-refractivity contribution in [3.8, 4) is 0 Å². The van der Waals surface area contributed by atoms with Crippen LogP contribution in [0.25, 0.3) is 0 Å². The number of rotatable bonds is 3. The Morgan fingerprint density at radius 3 is 3.00 bits per heavy atom. The summed E-state index contributed by atoms with van der Waals surface area (Å²) in [5.41, 5.74) is 1.34. The first-order valence-corrected chi connectivity index (χ1v) is 6.53. The van der Waals surface area contributed by atoms with Crippen molar-refractivity contribution in [1.29, 1.82) is 0 Å². The highest BCUT2D eigenvalue weighted by Crippen LogP contribution is 2.32. The van der Waals surface area contributed by atoms with E-state index in [1.54, 1.807) is 0 Å². The molecule has 1 aliphatic carbocycles. The standard InChI is InChI=1S/C13H17ClN2/c14-13-8-10(3-5-15-13)7-11-4-6-16(9-11)12-1-2-12/h3,5,8,11-12H,1-2,4,6-7,9H2. The van der Waals surface area contributed by atoms with Crippen LogP contribution in [-0.4, -0.2) is 29.0 Å². The molecule has 0 radical (unpaired) electrons. The molecule has 1 saturated heterocycles. The fourth-order valence-electron chi connectivity index (χ4n) is 2.70. The summed E-state index contributed by atoms with van der Waals surface area (Å²) in [4.78, 5) is 6.68. The van der Waals surface area contributed by atoms with Crippen LogP contribution >= 0.6 is 11.6 Å². The predicted molar refractivity (Wildman–Crippen MR) is 65.7 cm³/mol. The van der Waals surface area contributed by atoms with Crippen molar-refractivity contribution >= 4 is 11.6 Å². The second-order valence-electron chi connectivity index (χ2n) is 5.07. The van der Waals surface area contributed by atoms with Gasteiger partial charge in [0, 0.05) is 18.8 Å². The number of halogens is 1. The van der Waals surface area contributed by atoms with Crippen LogP contribution in [0.2, 0.25) is 5.15 Å². The normalized spacial score (nSPS) is 26.2. The van der Waals surface area contributed by atoms with E-state index in [0.717, 1.165) is 18.4 Å². The van der Waals surface area contributed by atoms with E-state index < -0.39 is 0 Å². The van der Waals surface area contributed by atoms with Gasteiger partial charge in [0.15, 0.2) is 0 Å². The average Bonchev–Trinajstić information content (AvgIpc) is 3.01. The Morgan fingerprint density at radius 2 is 2.25 bits per heavy atom. The zero-order valence-electron chi connectivity index (χ0n) is 9.40. The van der Waals surface area contributed by atoms with Gasteiger partial charge in [-0.1, -0.05) is 11.6 Å². The fourth-order valence-corrected chi connectivity index (χ4v) is 2.90. The van der Waals surface area contributed by atoms with Gasteiger partial charge in [-0.05, 0) is 55.8 Å². The molecule has 86 valence electrons. The van der Waals surface area contributed by atoms with E-state index in [0.29, 0.717) is 5.15 Å². The minimum absolute atomic E-state index is 0.620. The zero-order chi connectivity index (χ0) is 11.0. The summed E-state index contributed by atoms with van der Waals surface area (Å²) in [6, 6.07) is 5.01. The van der Waals surface area contributed by atoms with E-state index in [1.807, 2.05) is 12.3 Å². The first-order chi connectivity index (χ1) is 7.81. The molecule has 16 heavy (non-hydrogen) atoms. The maximum Gasteiger partial charge on any atom is 0.129 e. The van der Waals surface area contributed by atoms with Gasteiger partial charge in [0.1, 0.15) is 5.15 Å². The van der Waals surface area contributed by atoms with Crippen molar-refractivity contribution in [2.45, 2.75) is 31.7 Å². The summed E-state index contributed by atoms with van der Waals surface area (Å²) in [5.74, 6) is 0.819. The van der Waals surface area contributed by atoms with Crippen LogP contribution in [0.1, 0.15) is 24.8 Å². The number of hydrogen-bond donors (Lipinski definition) is 0. The van der Waals surface area contributed by atoms with Gasteiger partial charge in [-0.2, -0.15) is 0 Å². The van der Waals surface area contributed by atoms with Crippen molar-refractivity contribution in [2.75, 3.05) is 13.1 Å². The lowest BCUT2D eigenvalue weighted by Gasteiger charge is -2.14. The van der Waals surface area contributed by atoms with Gasteiger partial charge in [-0.25, -0.2) is 4.98 Å². The molecule has 1 saturated carbocycles. The fraction of sp³-hybridized carbons (Fsp3) is 0.615. The SMILES string of the molecule is Clc1cc(CC2CCN(C3CC3)C2)ccn1. The van der Waals surface area contributed by atoms with Gasteiger partial charge < -0.3 is 4.90 Å². The largest absolute Gasteiger partial charge is 0.300 e. The lowest BCUT2D eigenvalue weighted by atomic mass is 10.00. The highest BCUT2D eigenvalue weighted by atomic mass is 35.5. The third kappa shape index (κ3) is 2.38. The van der Waals surface area contributed by atoms with Gasteiger partial charge in [0.05, 0.1) is 0 Å². The second kappa shape index (κ2) is 4.34. The van der Waals surface area contributed by atoms with Crippen LogP contribution in [0.3, 0.4) is 0 Å². The third-order valence-electron chi connectivity index (χ3n) is 3.70. The van der Waals surface area contributed by atoms with E-state index in [-0.39, 0.29) is 0 Å². The predicted octanol–water partition coefficient (Wildman–Crippen LogP) is 2.76. The lowest BCUT2D eigenvalue weighted by molar-refractivity contribution is 0.314. The van der Waals surface area contributed by atoms with Gasteiger partial charge in [0.2, 0.25) is 0 Å². The molecule has 3 rings (SSSR count). The third-order valence-corrected chi connectivity index (χ3v) is 3.90. The first-order valence-electron chi connectivity index (χ1n) is 6.16. The van der Waals surface area contributed by atoms with E-state index in [2.05, 4.69) is 16.0 Å². The maximum absolute atomic E-state index is 5.90. The first kappa shape index (κ1) is 10.5. The zero-order valence-corrected chi connectivity index (χ0v) is 10.2. The van der Waals surface area contributed by atoms with E-state index in [4.69, 9.17) is 11.6 Å². The van der Waals surface area contributed by atoms with Crippen molar-refractivity contribution in [3.05, 3.63) is 29.0 Å². The van der Waals surface area contributed by atoms with Crippen LogP contribution in [0.4, 0.5) is 0 Å². The molecule has 1 unspecified atom stereocenters. The Hall–Kier alpha value is -0.600. The summed E-state index contributed by atoms with van der Waals surface area (Å²) in [5, 5.41) is 0.620. The molecule has 2 aliphatic rings. The molecule has 2 heterocycles. The van der Waals surface area contributed by atoms with Gasteiger partial charge >= 0.3 is 0 Å². The number of nitrogens with zero attached hydrogens (tertiary/aromatic N) is 2. The van der Waals surface area contributed by atoms with E-state index >= 15 is 0 Å². The van der Waals surface area contributed by atoms with Crippen molar-refractivity contribution in [3.63, 3.8) is 0 Å². The quantitative estimate of drug-likeness (QED) is 0.751. The molecular formula is C13H17ClN2. The van der Waals surface area contributed by atoms with Crippen LogP contribution < -0.4 is 0 Å². The topological polar surface area (TPSA) is 16.1 Å². The molecule has 0 spiro atoms. The molecule has 0 amide bonds. The average molecular weight is 237 g/mol. The number of pyridine rings is 1. The van der Waals surface area contributed by atoms with Crippen molar-refractivity contribution in [1.82, 2.24) is 9.88 Å². The highest BCUT2D eigenvalue weighted by Gasteiger charge is 2.34. The lowest BCUT2D eigenvalue weighted by Crippen LogP contribution is -2.23. The second-order valence-corrected chi connectivity index (χ2v) is 5.46. The van der Waals surface area contributed by atoms with Crippen molar-refractivity contribution in [2.24, 2.45) is 5.92 Å². The minimum Gasteiger partial charge on any atom is -0.300 e. The number of hydrogen-bond acceptors (Lipinski definition) is 2. The molecule has 3 heteroatoms. The molecular weight excluding hydrogens is 220 g/mol. The summed E-state index contributed by atoms with van der Waals surface area (Å²) >= 11 is 5.90. The molecule has 1 aliphatic heterocycles. The molecule has 2 nitrogen and oxygen atoms in total. The summed E-state index contributed by atoms with van der Waals surface area (Å²) in [6.07, 6.45) is 7.16. The Morgan fingerprint density at radius 1 is 1.38 bits per heavy atom. The van der Waals surface area contributed by atoms with Crippen LogP contribution in [0.15, 0.2) is 18.3 Å². The minimum atomic E-state index is 0.620. The molecule has 1 aromatic heterocycles. The van der Waals surface area contributed by atoms with Gasteiger partial charge in [0.25, 0.3) is 0 Å². The monoisotopic (exact) mass is 236 g/mol. The number of aromatic nitrogens is 1. The molecule has 1 aromatic rings. The van der Waals surface area contributed by atoms with Crippen LogP contribution in [0.5, 0.6) is 0 Å². The number of likely N-dealkylation sites (tertiary alicyclic amines) is 1. The van der Waals surface area contributed by atoms with Gasteiger partial charge in [-0.15, -0.1) is 0 Å². The van der Waals surface area contributed by atoms with Crippen LogP contribution in [0, 0.1) is 5.92 Å². The molecule has 0 aromatic carbocycles. The highest BCUT2D eigenvalue weighted by molar-refractivity contribution is 6.29. The Balaban J connectivity index is 1.59. The summed E-state index contributed by atoms with van der Waals surface area (Å²) in [7, 11) is 0. The Kier molecular flexibility index (Phi) is 2.86. The van der Waals surface area contributed by atoms with Crippen molar-refractivity contribution < 1.29 is 0 Å². The Labute approximate surface area is 102 Å². The summed E-state index contributed by atoms with van der Waals surface area (Å²) in [6.45, 7) is 2.58. The van der Waals surface area contributed by atoms with Crippen LogP contribution in [-0.2, 0) is 6.42 Å². The molecule has 2 fully saturated rings. The molecule has 0 bridgehead atoms. The van der Waals surface area contributed by atoms with E-state index in [9.17, 15) is 0 Å². The van der Waals surface area contributed by atoms with E-state index in [1.165, 1.54) is 37.9 Å². The van der Waals surface area contributed by atoms with Gasteiger partial charge in [-0.3, -0.25) is 0 Å². The smallest absolute Gasteiger partial charge is 0.129 e. The molecule has 0 N–H and O–H groups in total. The Bertz CT molecular complexity index is 376. The maximum atomic E-state index is 5.90. The molecule has 1 atom stereocenters.